The highest BCUT2D eigenvalue weighted by molar-refractivity contribution is 7.99. The highest BCUT2D eigenvalue weighted by Crippen LogP contribution is 2.23. The van der Waals surface area contributed by atoms with Gasteiger partial charge in [-0.2, -0.15) is 0 Å². The average molecular weight is 412 g/mol. The molecule has 0 aromatic heterocycles. The second-order valence-corrected chi connectivity index (χ2v) is 7.43. The monoisotopic (exact) mass is 412 g/mol. The largest absolute Gasteiger partial charge is 0.452 e. The molecule has 3 rings (SSSR count). The van der Waals surface area contributed by atoms with Gasteiger partial charge in [-0.25, -0.2) is 4.79 Å². The molecule has 0 spiro atoms. The van der Waals surface area contributed by atoms with Crippen LogP contribution in [0.25, 0.3) is 0 Å². The fraction of sp³-hybridized carbons (Fsp3) is 0.238. The summed E-state index contributed by atoms with van der Waals surface area (Å²) in [6.07, 6.45) is 0.326. The van der Waals surface area contributed by atoms with E-state index in [1.807, 2.05) is 30.3 Å². The second kappa shape index (κ2) is 9.88. The van der Waals surface area contributed by atoms with Crippen LogP contribution in [0.3, 0.4) is 0 Å². The van der Waals surface area contributed by atoms with E-state index in [0.29, 0.717) is 18.0 Å². The van der Waals surface area contributed by atoms with Crippen molar-refractivity contribution in [3.63, 3.8) is 0 Å². The third kappa shape index (κ3) is 5.68. The Bertz CT molecular complexity index is 900. The Morgan fingerprint density at radius 3 is 2.45 bits per heavy atom. The predicted molar refractivity (Wildman–Crippen MR) is 109 cm³/mol. The Kier molecular flexibility index (Phi) is 7.02. The van der Waals surface area contributed by atoms with Gasteiger partial charge in [0.25, 0.3) is 5.91 Å². The number of imide groups is 1. The molecule has 1 aliphatic heterocycles. The first-order valence-corrected chi connectivity index (χ1v) is 10.1. The van der Waals surface area contributed by atoms with Crippen molar-refractivity contribution in [2.24, 2.45) is 0 Å². The molecule has 7 nitrogen and oxygen atoms in total. The van der Waals surface area contributed by atoms with Gasteiger partial charge in [-0.15, -0.1) is 11.8 Å². The molecule has 1 aliphatic rings. The van der Waals surface area contributed by atoms with Crippen LogP contribution >= 0.6 is 11.8 Å². The van der Waals surface area contributed by atoms with Gasteiger partial charge >= 0.3 is 5.97 Å². The molecular formula is C21H20N2O5S. The van der Waals surface area contributed by atoms with Gasteiger partial charge in [0.05, 0.1) is 11.3 Å². The maximum atomic E-state index is 12.2. The zero-order valence-corrected chi connectivity index (χ0v) is 16.4. The van der Waals surface area contributed by atoms with Crippen LogP contribution in [0.2, 0.25) is 0 Å². The zero-order chi connectivity index (χ0) is 20.6. The van der Waals surface area contributed by atoms with Gasteiger partial charge in [0.2, 0.25) is 11.8 Å². The Morgan fingerprint density at radius 1 is 1.00 bits per heavy atom. The molecule has 2 aromatic carbocycles. The van der Waals surface area contributed by atoms with Crippen LogP contribution in [0.15, 0.2) is 59.5 Å². The van der Waals surface area contributed by atoms with Crippen LogP contribution in [-0.2, 0) is 19.1 Å². The van der Waals surface area contributed by atoms with Crippen LogP contribution in [0.1, 0.15) is 23.2 Å². The highest BCUT2D eigenvalue weighted by Gasteiger charge is 2.30. The molecule has 150 valence electrons. The standard InChI is InChI=1S/C21H20N2O5S/c24-18(22-11-12-29-17-7-2-1-3-8-17)14-28-21(27)15-5-4-6-16(13-15)23-19(25)9-10-20(23)26/h1-8,13H,9-12,14H2,(H,22,24). The molecule has 1 heterocycles. The van der Waals surface area contributed by atoms with Gasteiger partial charge in [0, 0.05) is 30.0 Å². The quantitative estimate of drug-likeness (QED) is 0.310. The number of esters is 1. The van der Waals surface area contributed by atoms with Crippen LogP contribution in [0.5, 0.6) is 0 Å². The number of thioether (sulfide) groups is 1. The smallest absolute Gasteiger partial charge is 0.338 e. The van der Waals surface area contributed by atoms with E-state index in [4.69, 9.17) is 4.74 Å². The summed E-state index contributed by atoms with van der Waals surface area (Å²) in [5.74, 6) is -0.988. The van der Waals surface area contributed by atoms with E-state index in [9.17, 15) is 19.2 Å². The number of rotatable bonds is 8. The van der Waals surface area contributed by atoms with E-state index in [-0.39, 0.29) is 30.2 Å². The molecule has 0 bridgehead atoms. The van der Waals surface area contributed by atoms with Gasteiger partial charge in [-0.05, 0) is 30.3 Å². The molecule has 0 radical (unpaired) electrons. The number of carbonyl (C=O) groups excluding carboxylic acids is 4. The molecule has 1 N–H and O–H groups in total. The van der Waals surface area contributed by atoms with Crippen LogP contribution in [-0.4, -0.2) is 42.6 Å². The predicted octanol–water partition coefficient (Wildman–Crippen LogP) is 2.41. The lowest BCUT2D eigenvalue weighted by Gasteiger charge is -2.14. The summed E-state index contributed by atoms with van der Waals surface area (Å²) in [7, 11) is 0. The lowest BCUT2D eigenvalue weighted by Crippen LogP contribution is -2.30. The molecule has 2 aromatic rings. The van der Waals surface area contributed by atoms with E-state index < -0.39 is 18.5 Å². The maximum Gasteiger partial charge on any atom is 0.338 e. The number of amides is 3. The summed E-state index contributed by atoms with van der Waals surface area (Å²) < 4.78 is 5.03. The Morgan fingerprint density at radius 2 is 1.72 bits per heavy atom. The summed E-state index contributed by atoms with van der Waals surface area (Å²) in [6.45, 7) is 0.0469. The Balaban J connectivity index is 1.44. The number of nitrogens with one attached hydrogen (secondary N) is 1. The van der Waals surface area contributed by atoms with Gasteiger partial charge in [-0.1, -0.05) is 24.3 Å². The summed E-state index contributed by atoms with van der Waals surface area (Å²) in [5, 5.41) is 2.69. The van der Waals surface area contributed by atoms with Gasteiger partial charge in [-0.3, -0.25) is 19.3 Å². The minimum absolute atomic E-state index is 0.163. The second-order valence-electron chi connectivity index (χ2n) is 6.26. The molecule has 0 aliphatic carbocycles. The topological polar surface area (TPSA) is 92.8 Å². The number of nitrogens with zero attached hydrogens (tertiary/aromatic N) is 1. The fourth-order valence-electron chi connectivity index (χ4n) is 2.78. The molecule has 1 saturated heterocycles. The van der Waals surface area contributed by atoms with E-state index in [0.717, 1.165) is 9.80 Å². The molecule has 0 unspecified atom stereocenters. The molecule has 8 heteroatoms. The molecule has 0 atom stereocenters. The van der Waals surface area contributed by atoms with Gasteiger partial charge in [0.15, 0.2) is 6.61 Å². The molecular weight excluding hydrogens is 392 g/mol. The number of hydrogen-bond donors (Lipinski definition) is 1. The fourth-order valence-corrected chi connectivity index (χ4v) is 3.57. The maximum absolute atomic E-state index is 12.2. The van der Waals surface area contributed by atoms with Crippen molar-refractivity contribution < 1.29 is 23.9 Å². The van der Waals surface area contributed by atoms with E-state index in [2.05, 4.69) is 5.32 Å². The number of anilines is 1. The summed E-state index contributed by atoms with van der Waals surface area (Å²) >= 11 is 1.62. The number of ether oxygens (including phenoxy) is 1. The SMILES string of the molecule is O=C(COC(=O)c1cccc(N2C(=O)CCC2=O)c1)NCCSc1ccccc1. The van der Waals surface area contributed by atoms with Crippen molar-refractivity contribution in [1.29, 1.82) is 0 Å². The van der Waals surface area contributed by atoms with E-state index >= 15 is 0 Å². The zero-order valence-electron chi connectivity index (χ0n) is 15.6. The minimum atomic E-state index is -0.695. The molecule has 3 amide bonds. The first-order valence-electron chi connectivity index (χ1n) is 9.12. The van der Waals surface area contributed by atoms with Crippen molar-refractivity contribution in [3.05, 3.63) is 60.2 Å². The van der Waals surface area contributed by atoms with E-state index in [1.165, 1.54) is 12.1 Å². The van der Waals surface area contributed by atoms with Crippen molar-refractivity contribution in [1.82, 2.24) is 5.32 Å². The number of benzene rings is 2. The number of hydrogen-bond acceptors (Lipinski definition) is 6. The van der Waals surface area contributed by atoms with Crippen molar-refractivity contribution >= 4 is 41.1 Å². The Labute approximate surface area is 172 Å². The molecule has 1 fully saturated rings. The van der Waals surface area contributed by atoms with Crippen LogP contribution in [0, 0.1) is 0 Å². The number of carbonyl (C=O) groups is 4. The van der Waals surface area contributed by atoms with E-state index in [1.54, 1.807) is 23.9 Å². The normalized spacial score (nSPS) is 13.4. The third-order valence-corrected chi connectivity index (χ3v) is 5.18. The Hall–Kier alpha value is -3.13. The van der Waals surface area contributed by atoms with Crippen molar-refractivity contribution in [3.8, 4) is 0 Å². The van der Waals surface area contributed by atoms with Gasteiger partial charge < -0.3 is 10.1 Å². The van der Waals surface area contributed by atoms with Crippen molar-refractivity contribution in [2.45, 2.75) is 17.7 Å². The lowest BCUT2D eigenvalue weighted by molar-refractivity contribution is -0.124. The van der Waals surface area contributed by atoms with Gasteiger partial charge in [0.1, 0.15) is 0 Å². The van der Waals surface area contributed by atoms with Crippen molar-refractivity contribution in [2.75, 3.05) is 23.8 Å². The van der Waals surface area contributed by atoms with Crippen LogP contribution < -0.4 is 10.2 Å². The summed E-state index contributed by atoms with van der Waals surface area (Å²) in [5.41, 5.74) is 0.497. The lowest BCUT2D eigenvalue weighted by atomic mass is 10.2. The first-order chi connectivity index (χ1) is 14.0. The first kappa shape index (κ1) is 20.6. The molecule has 0 saturated carbocycles. The third-order valence-electron chi connectivity index (χ3n) is 4.16. The molecule has 29 heavy (non-hydrogen) atoms. The average Bonchev–Trinajstić information content (AvgIpc) is 3.08. The summed E-state index contributed by atoms with van der Waals surface area (Å²) in [6, 6.07) is 15.9. The highest BCUT2D eigenvalue weighted by atomic mass is 32.2. The van der Waals surface area contributed by atoms with Crippen LogP contribution in [0.4, 0.5) is 5.69 Å². The summed E-state index contributed by atoms with van der Waals surface area (Å²) in [4.78, 5) is 49.9. The minimum Gasteiger partial charge on any atom is -0.452 e.